The highest BCUT2D eigenvalue weighted by Crippen LogP contribution is 2.14. The van der Waals surface area contributed by atoms with Gasteiger partial charge in [0.2, 0.25) is 0 Å². The Morgan fingerprint density at radius 3 is 2.60 bits per heavy atom. The van der Waals surface area contributed by atoms with Crippen molar-refractivity contribution in [2.45, 2.75) is 51.8 Å². The van der Waals surface area contributed by atoms with Gasteiger partial charge in [0.25, 0.3) is 0 Å². The minimum Gasteiger partial charge on any atom is -0.444 e. The molecule has 1 atom stereocenters. The molecule has 1 N–H and O–H groups in total. The van der Waals surface area contributed by atoms with Gasteiger partial charge in [-0.15, -0.1) is 0 Å². The zero-order valence-corrected chi connectivity index (χ0v) is 15.6. The Kier molecular flexibility index (Phi) is 6.28. The minimum atomic E-state index is -0.524. The van der Waals surface area contributed by atoms with Crippen molar-refractivity contribution in [3.8, 4) is 0 Å². The monoisotopic (exact) mass is 347 g/mol. The second-order valence-corrected chi connectivity index (χ2v) is 7.56. The number of ether oxygens (including phenoxy) is 1. The van der Waals surface area contributed by atoms with Gasteiger partial charge >= 0.3 is 12.1 Å². The van der Waals surface area contributed by atoms with Crippen molar-refractivity contribution in [3.63, 3.8) is 0 Å². The number of carbonyl (C=O) groups excluding carboxylic acids is 2. The lowest BCUT2D eigenvalue weighted by molar-refractivity contribution is 0.0474. The van der Waals surface area contributed by atoms with Gasteiger partial charge in [0.1, 0.15) is 5.60 Å². The van der Waals surface area contributed by atoms with E-state index in [1.807, 2.05) is 51.1 Å². The van der Waals surface area contributed by atoms with Gasteiger partial charge in [0.05, 0.1) is 0 Å². The normalized spacial score (nSPS) is 17.8. The van der Waals surface area contributed by atoms with Gasteiger partial charge in [-0.2, -0.15) is 0 Å². The largest absolute Gasteiger partial charge is 0.444 e. The van der Waals surface area contributed by atoms with Crippen molar-refractivity contribution >= 4 is 12.1 Å². The molecule has 0 aromatic heterocycles. The van der Waals surface area contributed by atoms with Gasteiger partial charge in [-0.1, -0.05) is 30.3 Å². The molecule has 2 rings (SSSR count). The number of carbonyl (C=O) groups is 2. The number of nitrogens with zero attached hydrogens (tertiary/aromatic N) is 2. The molecule has 6 nitrogen and oxygen atoms in total. The number of piperidine rings is 1. The average Bonchev–Trinajstić information content (AvgIpc) is 2.53. The van der Waals surface area contributed by atoms with Crippen LogP contribution in [0.1, 0.15) is 39.2 Å². The Bertz CT molecular complexity index is 583. The summed E-state index contributed by atoms with van der Waals surface area (Å²) in [5.74, 6) is 0. The van der Waals surface area contributed by atoms with Gasteiger partial charge in [-0.05, 0) is 39.2 Å². The van der Waals surface area contributed by atoms with Crippen molar-refractivity contribution < 1.29 is 14.3 Å². The Hall–Kier alpha value is -2.24. The van der Waals surface area contributed by atoms with E-state index in [0.717, 1.165) is 18.4 Å². The molecular weight excluding hydrogens is 318 g/mol. The topological polar surface area (TPSA) is 61.9 Å². The van der Waals surface area contributed by atoms with E-state index in [-0.39, 0.29) is 12.1 Å². The maximum absolute atomic E-state index is 12.7. The molecule has 0 aliphatic carbocycles. The summed E-state index contributed by atoms with van der Waals surface area (Å²) in [6.07, 6.45) is 1.29. The van der Waals surface area contributed by atoms with E-state index < -0.39 is 11.7 Å². The maximum Gasteiger partial charge on any atom is 0.407 e. The Morgan fingerprint density at radius 2 is 1.96 bits per heavy atom. The molecule has 3 amide bonds. The lowest BCUT2D eigenvalue weighted by Gasteiger charge is -2.35. The Balaban J connectivity index is 1.87. The highest BCUT2D eigenvalue weighted by atomic mass is 16.6. The fraction of sp³-hybridized carbons (Fsp3) is 0.579. The van der Waals surface area contributed by atoms with Crippen molar-refractivity contribution in [1.82, 2.24) is 15.1 Å². The maximum atomic E-state index is 12.7. The molecule has 1 aromatic carbocycles. The third kappa shape index (κ3) is 6.29. The number of amides is 3. The summed E-state index contributed by atoms with van der Waals surface area (Å²) >= 11 is 0. The molecule has 138 valence electrons. The number of rotatable bonds is 3. The standard InChI is InChI=1S/C19H29N3O3/c1-19(2,3)25-17(23)20-16-11-8-12-22(14-16)18(24)21(4)13-15-9-6-5-7-10-15/h5-7,9-10,16H,8,11-14H2,1-4H3,(H,20,23). The molecule has 1 fully saturated rings. The van der Waals surface area contributed by atoms with Crippen molar-refractivity contribution in [1.29, 1.82) is 0 Å². The van der Waals surface area contributed by atoms with Crippen molar-refractivity contribution in [2.75, 3.05) is 20.1 Å². The van der Waals surface area contributed by atoms with E-state index in [9.17, 15) is 9.59 Å². The van der Waals surface area contributed by atoms with Crippen LogP contribution >= 0.6 is 0 Å². The zero-order chi connectivity index (χ0) is 18.4. The molecule has 1 unspecified atom stereocenters. The van der Waals surface area contributed by atoms with E-state index in [1.54, 1.807) is 16.8 Å². The average molecular weight is 347 g/mol. The van der Waals surface area contributed by atoms with Crippen LogP contribution in [-0.4, -0.2) is 53.7 Å². The highest BCUT2D eigenvalue weighted by Gasteiger charge is 2.28. The highest BCUT2D eigenvalue weighted by molar-refractivity contribution is 5.74. The first-order valence-electron chi connectivity index (χ1n) is 8.78. The second kappa shape index (κ2) is 8.23. The number of hydrogen-bond acceptors (Lipinski definition) is 3. The molecule has 1 aromatic rings. The van der Waals surface area contributed by atoms with Crippen LogP contribution in [0.15, 0.2) is 30.3 Å². The smallest absolute Gasteiger partial charge is 0.407 e. The summed E-state index contributed by atoms with van der Waals surface area (Å²) in [6.45, 7) is 7.30. The summed E-state index contributed by atoms with van der Waals surface area (Å²) in [4.78, 5) is 28.1. The first-order chi connectivity index (χ1) is 11.7. The van der Waals surface area contributed by atoms with Crippen LogP contribution in [0.4, 0.5) is 9.59 Å². The molecular formula is C19H29N3O3. The fourth-order valence-electron chi connectivity index (χ4n) is 2.91. The van der Waals surface area contributed by atoms with Crippen LogP contribution < -0.4 is 5.32 Å². The van der Waals surface area contributed by atoms with Crippen LogP contribution in [0.5, 0.6) is 0 Å². The molecule has 0 spiro atoms. The minimum absolute atomic E-state index is 0.0143. The number of nitrogens with one attached hydrogen (secondary N) is 1. The molecule has 0 bridgehead atoms. The third-order valence-electron chi connectivity index (χ3n) is 4.00. The summed E-state index contributed by atoms with van der Waals surface area (Å²) in [6, 6.07) is 9.82. The van der Waals surface area contributed by atoms with Gasteiger partial charge in [-0.3, -0.25) is 0 Å². The van der Waals surface area contributed by atoms with Gasteiger partial charge in [0.15, 0.2) is 0 Å². The van der Waals surface area contributed by atoms with E-state index in [1.165, 1.54) is 0 Å². The predicted molar refractivity (Wildman–Crippen MR) is 97.3 cm³/mol. The lowest BCUT2D eigenvalue weighted by atomic mass is 10.1. The number of alkyl carbamates (subject to hydrolysis) is 1. The molecule has 1 aliphatic rings. The first kappa shape index (κ1) is 19.1. The van der Waals surface area contributed by atoms with Crippen molar-refractivity contribution in [2.24, 2.45) is 0 Å². The summed E-state index contributed by atoms with van der Waals surface area (Å²) < 4.78 is 5.30. The van der Waals surface area contributed by atoms with Gasteiger partial charge < -0.3 is 19.9 Å². The first-order valence-corrected chi connectivity index (χ1v) is 8.78. The second-order valence-electron chi connectivity index (χ2n) is 7.56. The summed E-state index contributed by atoms with van der Waals surface area (Å²) in [5, 5.41) is 2.88. The Morgan fingerprint density at radius 1 is 1.28 bits per heavy atom. The van der Waals surface area contributed by atoms with Gasteiger partial charge in [0, 0.05) is 32.7 Å². The zero-order valence-electron chi connectivity index (χ0n) is 15.6. The van der Waals surface area contributed by atoms with Crippen LogP contribution in [0, 0.1) is 0 Å². The molecule has 25 heavy (non-hydrogen) atoms. The van der Waals surface area contributed by atoms with Crippen LogP contribution in [-0.2, 0) is 11.3 Å². The van der Waals surface area contributed by atoms with E-state index in [0.29, 0.717) is 19.6 Å². The molecule has 6 heteroatoms. The lowest BCUT2D eigenvalue weighted by Crippen LogP contribution is -2.52. The fourth-order valence-corrected chi connectivity index (χ4v) is 2.91. The summed E-state index contributed by atoms with van der Waals surface area (Å²) in [7, 11) is 1.81. The predicted octanol–water partition coefficient (Wildman–Crippen LogP) is 3.23. The summed E-state index contributed by atoms with van der Waals surface area (Å²) in [5.41, 5.74) is 0.572. The van der Waals surface area contributed by atoms with Gasteiger partial charge in [-0.25, -0.2) is 9.59 Å². The van der Waals surface area contributed by atoms with Crippen LogP contribution in [0.25, 0.3) is 0 Å². The van der Waals surface area contributed by atoms with E-state index in [4.69, 9.17) is 4.74 Å². The van der Waals surface area contributed by atoms with E-state index >= 15 is 0 Å². The molecule has 0 saturated carbocycles. The number of benzene rings is 1. The molecule has 1 saturated heterocycles. The number of hydrogen-bond donors (Lipinski definition) is 1. The molecule has 0 radical (unpaired) electrons. The number of urea groups is 1. The third-order valence-corrected chi connectivity index (χ3v) is 4.00. The quantitative estimate of drug-likeness (QED) is 0.913. The Labute approximate surface area is 150 Å². The molecule has 1 aliphatic heterocycles. The molecule has 1 heterocycles. The number of likely N-dealkylation sites (tertiary alicyclic amines) is 1. The van der Waals surface area contributed by atoms with E-state index in [2.05, 4.69) is 5.32 Å². The van der Waals surface area contributed by atoms with Crippen molar-refractivity contribution in [3.05, 3.63) is 35.9 Å². The van der Waals surface area contributed by atoms with Crippen LogP contribution in [0.2, 0.25) is 0 Å². The SMILES string of the molecule is CN(Cc1ccccc1)C(=O)N1CCCC(NC(=O)OC(C)(C)C)C1. The van der Waals surface area contributed by atoms with Crippen LogP contribution in [0.3, 0.4) is 0 Å².